The molecule has 0 bridgehead atoms. The molecule has 1 unspecified atom stereocenters. The van der Waals surface area contributed by atoms with Gasteiger partial charge in [-0.25, -0.2) is 4.98 Å². The molecule has 0 aliphatic carbocycles. The highest BCUT2D eigenvalue weighted by molar-refractivity contribution is 7.13. The van der Waals surface area contributed by atoms with Crippen LogP contribution in [-0.2, 0) is 0 Å². The third kappa shape index (κ3) is 3.81. The van der Waals surface area contributed by atoms with Crippen LogP contribution in [0.4, 0.5) is 0 Å². The lowest BCUT2D eigenvalue weighted by molar-refractivity contribution is 0.340. The highest BCUT2D eigenvalue weighted by Crippen LogP contribution is 2.28. The van der Waals surface area contributed by atoms with Gasteiger partial charge >= 0.3 is 0 Å². The van der Waals surface area contributed by atoms with Gasteiger partial charge in [-0.05, 0) is 38.9 Å². The van der Waals surface area contributed by atoms with Crippen LogP contribution in [0.25, 0.3) is 10.6 Å². The molecule has 1 aromatic heterocycles. The molecular weight excluding hydrogens is 268 g/mol. The average Bonchev–Trinajstić information content (AvgIpc) is 2.95. The van der Waals surface area contributed by atoms with Crippen LogP contribution >= 0.6 is 11.3 Å². The van der Waals surface area contributed by atoms with E-state index in [1.54, 1.807) is 11.3 Å². The van der Waals surface area contributed by atoms with E-state index in [9.17, 15) is 0 Å². The number of thiazole rings is 1. The van der Waals surface area contributed by atoms with Crippen molar-refractivity contribution in [3.8, 4) is 16.3 Å². The Bertz CT molecular complexity index is 539. The second kappa shape index (κ2) is 7.41. The summed E-state index contributed by atoms with van der Waals surface area (Å²) in [5, 5.41) is 6.65. The highest BCUT2D eigenvalue weighted by atomic mass is 32.1. The van der Waals surface area contributed by atoms with Crippen molar-refractivity contribution in [2.24, 2.45) is 0 Å². The van der Waals surface area contributed by atoms with Crippen LogP contribution in [0, 0.1) is 0 Å². The van der Waals surface area contributed by atoms with Gasteiger partial charge in [-0.15, -0.1) is 11.3 Å². The van der Waals surface area contributed by atoms with Crippen LogP contribution in [-0.4, -0.2) is 18.1 Å². The molecule has 1 N–H and O–H groups in total. The van der Waals surface area contributed by atoms with Gasteiger partial charge in [0, 0.05) is 17.0 Å². The molecule has 0 saturated carbocycles. The van der Waals surface area contributed by atoms with Gasteiger partial charge in [0.05, 0.1) is 12.3 Å². The Morgan fingerprint density at radius 3 is 2.95 bits per heavy atom. The third-order valence-corrected chi connectivity index (χ3v) is 3.97. The first kappa shape index (κ1) is 15.0. The van der Waals surface area contributed by atoms with Crippen LogP contribution < -0.4 is 10.1 Å². The number of rotatable bonds is 7. The summed E-state index contributed by atoms with van der Waals surface area (Å²) in [5.74, 6) is 0.902. The van der Waals surface area contributed by atoms with Crippen LogP contribution in [0.2, 0.25) is 0 Å². The summed E-state index contributed by atoms with van der Waals surface area (Å²) >= 11 is 1.68. The highest BCUT2D eigenvalue weighted by Gasteiger charge is 2.10. The molecule has 0 aliphatic rings. The van der Waals surface area contributed by atoms with Gasteiger partial charge in [-0.3, -0.25) is 0 Å². The summed E-state index contributed by atoms with van der Waals surface area (Å²) in [7, 11) is 0. The second-order valence-electron chi connectivity index (χ2n) is 4.71. The van der Waals surface area contributed by atoms with E-state index in [0.717, 1.165) is 35.0 Å². The van der Waals surface area contributed by atoms with Crippen molar-refractivity contribution in [2.75, 3.05) is 13.2 Å². The SMILES string of the molecule is CCCNC(C)c1csc(-c2cccc(OCC)c2)n1. The number of nitrogens with one attached hydrogen (secondary N) is 1. The molecule has 0 amide bonds. The van der Waals surface area contributed by atoms with Crippen molar-refractivity contribution in [3.05, 3.63) is 35.3 Å². The number of hydrogen-bond donors (Lipinski definition) is 1. The molecule has 1 heterocycles. The molecule has 4 heteroatoms. The smallest absolute Gasteiger partial charge is 0.123 e. The Hall–Kier alpha value is -1.39. The maximum absolute atomic E-state index is 5.54. The minimum absolute atomic E-state index is 0.301. The summed E-state index contributed by atoms with van der Waals surface area (Å²) in [5.41, 5.74) is 2.23. The molecule has 0 spiro atoms. The van der Waals surface area contributed by atoms with E-state index >= 15 is 0 Å². The van der Waals surface area contributed by atoms with Gasteiger partial charge < -0.3 is 10.1 Å². The monoisotopic (exact) mass is 290 g/mol. The molecule has 2 aromatic rings. The summed E-state index contributed by atoms with van der Waals surface area (Å²) in [6, 6.07) is 8.42. The van der Waals surface area contributed by atoms with Crippen molar-refractivity contribution >= 4 is 11.3 Å². The zero-order valence-electron chi connectivity index (χ0n) is 12.3. The quantitative estimate of drug-likeness (QED) is 0.827. The Kier molecular flexibility index (Phi) is 5.56. The molecule has 3 nitrogen and oxygen atoms in total. The number of benzene rings is 1. The van der Waals surface area contributed by atoms with E-state index < -0.39 is 0 Å². The molecule has 20 heavy (non-hydrogen) atoms. The summed E-state index contributed by atoms with van der Waals surface area (Å²) in [6.07, 6.45) is 1.14. The van der Waals surface area contributed by atoms with E-state index in [2.05, 4.69) is 36.7 Å². The topological polar surface area (TPSA) is 34.1 Å². The first-order chi connectivity index (χ1) is 9.74. The lowest BCUT2D eigenvalue weighted by Gasteiger charge is -2.09. The minimum atomic E-state index is 0.301. The van der Waals surface area contributed by atoms with E-state index in [0.29, 0.717) is 12.6 Å². The molecule has 1 atom stereocenters. The Morgan fingerprint density at radius 2 is 2.20 bits per heavy atom. The number of nitrogens with zero attached hydrogens (tertiary/aromatic N) is 1. The first-order valence-electron chi connectivity index (χ1n) is 7.16. The van der Waals surface area contributed by atoms with E-state index in [1.807, 2.05) is 19.1 Å². The van der Waals surface area contributed by atoms with Gasteiger partial charge in [-0.2, -0.15) is 0 Å². The summed E-state index contributed by atoms with van der Waals surface area (Å²) < 4.78 is 5.54. The van der Waals surface area contributed by atoms with Gasteiger partial charge in [0.1, 0.15) is 10.8 Å². The lowest BCUT2D eigenvalue weighted by Crippen LogP contribution is -2.19. The molecule has 2 rings (SSSR count). The lowest BCUT2D eigenvalue weighted by atomic mass is 10.2. The van der Waals surface area contributed by atoms with Gasteiger partial charge in [0.15, 0.2) is 0 Å². The standard InChI is InChI=1S/C16H22N2OS/c1-4-9-17-12(3)15-11-20-16(18-15)13-7-6-8-14(10-13)19-5-2/h6-8,10-12,17H,4-5,9H2,1-3H3. The molecule has 108 valence electrons. The van der Waals surface area contributed by atoms with E-state index in [4.69, 9.17) is 9.72 Å². The molecule has 0 fully saturated rings. The maximum atomic E-state index is 5.54. The molecule has 0 aliphatic heterocycles. The van der Waals surface area contributed by atoms with Gasteiger partial charge in [0.25, 0.3) is 0 Å². The molecular formula is C16H22N2OS. The molecule has 0 saturated heterocycles. The van der Waals surface area contributed by atoms with Crippen molar-refractivity contribution in [3.63, 3.8) is 0 Å². The van der Waals surface area contributed by atoms with E-state index in [-0.39, 0.29) is 0 Å². The van der Waals surface area contributed by atoms with E-state index in [1.165, 1.54) is 0 Å². The Labute approximate surface area is 125 Å². The van der Waals surface area contributed by atoms with Gasteiger partial charge in [0.2, 0.25) is 0 Å². The number of ether oxygens (including phenoxy) is 1. The number of aromatic nitrogens is 1. The van der Waals surface area contributed by atoms with Crippen molar-refractivity contribution in [2.45, 2.75) is 33.2 Å². The number of hydrogen-bond acceptors (Lipinski definition) is 4. The summed E-state index contributed by atoms with van der Waals surface area (Å²) in [6.45, 7) is 8.03. The average molecular weight is 290 g/mol. The predicted octanol–water partition coefficient (Wildman–Crippen LogP) is 4.27. The minimum Gasteiger partial charge on any atom is -0.494 e. The Balaban J connectivity index is 2.13. The zero-order chi connectivity index (χ0) is 14.4. The first-order valence-corrected chi connectivity index (χ1v) is 8.04. The largest absolute Gasteiger partial charge is 0.494 e. The Morgan fingerprint density at radius 1 is 1.35 bits per heavy atom. The maximum Gasteiger partial charge on any atom is 0.123 e. The zero-order valence-corrected chi connectivity index (χ0v) is 13.2. The predicted molar refractivity (Wildman–Crippen MR) is 85.4 cm³/mol. The van der Waals surface area contributed by atoms with Crippen LogP contribution in [0.15, 0.2) is 29.6 Å². The fourth-order valence-electron chi connectivity index (χ4n) is 1.97. The normalized spacial score (nSPS) is 12.3. The van der Waals surface area contributed by atoms with Crippen molar-refractivity contribution in [1.29, 1.82) is 0 Å². The molecule has 0 radical (unpaired) electrons. The van der Waals surface area contributed by atoms with Gasteiger partial charge in [-0.1, -0.05) is 19.1 Å². The summed E-state index contributed by atoms with van der Waals surface area (Å²) in [4.78, 5) is 4.74. The van der Waals surface area contributed by atoms with Crippen LogP contribution in [0.3, 0.4) is 0 Å². The second-order valence-corrected chi connectivity index (χ2v) is 5.57. The fraction of sp³-hybridized carbons (Fsp3) is 0.438. The third-order valence-electron chi connectivity index (χ3n) is 3.06. The van der Waals surface area contributed by atoms with Crippen LogP contribution in [0.1, 0.15) is 38.9 Å². The van der Waals surface area contributed by atoms with Crippen LogP contribution in [0.5, 0.6) is 5.75 Å². The fourth-order valence-corrected chi connectivity index (χ4v) is 2.88. The van der Waals surface area contributed by atoms with Crippen molar-refractivity contribution in [1.82, 2.24) is 10.3 Å². The molecule has 1 aromatic carbocycles. The van der Waals surface area contributed by atoms with Crippen molar-refractivity contribution < 1.29 is 4.74 Å².